The second kappa shape index (κ2) is 5.61. The van der Waals surface area contributed by atoms with Gasteiger partial charge in [0.25, 0.3) is 0 Å². The zero-order valence-electron chi connectivity index (χ0n) is 11.8. The molecule has 0 atom stereocenters. The van der Waals surface area contributed by atoms with Gasteiger partial charge in [-0.2, -0.15) is 5.10 Å². The van der Waals surface area contributed by atoms with Crippen LogP contribution >= 0.6 is 11.6 Å². The van der Waals surface area contributed by atoms with Gasteiger partial charge in [-0.25, -0.2) is 9.18 Å². The van der Waals surface area contributed by atoms with E-state index >= 15 is 0 Å². The average Bonchev–Trinajstić information content (AvgIpc) is 3.18. The molecule has 1 aromatic heterocycles. The first-order valence-electron chi connectivity index (χ1n) is 6.85. The highest BCUT2D eigenvalue weighted by Crippen LogP contribution is 2.39. The van der Waals surface area contributed by atoms with Gasteiger partial charge in [-0.1, -0.05) is 11.6 Å². The van der Waals surface area contributed by atoms with E-state index in [0.717, 1.165) is 12.8 Å². The third-order valence-corrected chi connectivity index (χ3v) is 3.82. The van der Waals surface area contributed by atoms with Crippen molar-refractivity contribution in [3.63, 3.8) is 0 Å². The molecule has 1 N–H and O–H groups in total. The molecule has 1 aliphatic rings. The SMILES string of the molecule is Cn1nc(C(=O)O)cc1-c1cc(F)cc(Cl)c1OCC1CC1. The molecule has 1 aliphatic carbocycles. The molecular formula is C15H14ClFN2O3. The van der Waals surface area contributed by atoms with E-state index in [-0.39, 0.29) is 10.7 Å². The summed E-state index contributed by atoms with van der Waals surface area (Å²) >= 11 is 6.10. The number of carboxylic acids is 1. The number of aryl methyl sites for hydroxylation is 1. The first-order chi connectivity index (χ1) is 10.5. The van der Waals surface area contributed by atoms with Crippen molar-refractivity contribution in [3.8, 4) is 17.0 Å². The Balaban J connectivity index is 2.05. The Bertz CT molecular complexity index is 741. The Hall–Kier alpha value is -2.08. The van der Waals surface area contributed by atoms with Crippen molar-refractivity contribution in [3.05, 3.63) is 34.7 Å². The van der Waals surface area contributed by atoms with Gasteiger partial charge in [-0.05, 0) is 37.0 Å². The summed E-state index contributed by atoms with van der Waals surface area (Å²) in [4.78, 5) is 11.0. The zero-order valence-corrected chi connectivity index (χ0v) is 12.6. The fourth-order valence-electron chi connectivity index (χ4n) is 2.21. The van der Waals surface area contributed by atoms with Crippen LogP contribution in [0.4, 0.5) is 4.39 Å². The van der Waals surface area contributed by atoms with Crippen LogP contribution in [-0.4, -0.2) is 27.5 Å². The predicted octanol–water partition coefficient (Wildman–Crippen LogP) is 3.37. The smallest absolute Gasteiger partial charge is 0.356 e. The molecule has 1 saturated carbocycles. The summed E-state index contributed by atoms with van der Waals surface area (Å²) in [6.45, 7) is 0.516. The van der Waals surface area contributed by atoms with Crippen LogP contribution in [0, 0.1) is 11.7 Å². The third kappa shape index (κ3) is 2.92. The quantitative estimate of drug-likeness (QED) is 0.916. The molecular weight excluding hydrogens is 311 g/mol. The van der Waals surface area contributed by atoms with Crippen LogP contribution in [-0.2, 0) is 7.05 Å². The Labute approximate surface area is 131 Å². The minimum absolute atomic E-state index is 0.119. The fraction of sp³-hybridized carbons (Fsp3) is 0.333. The number of hydrogen-bond acceptors (Lipinski definition) is 3. The predicted molar refractivity (Wildman–Crippen MR) is 78.8 cm³/mol. The number of hydrogen-bond donors (Lipinski definition) is 1. The summed E-state index contributed by atoms with van der Waals surface area (Å²) in [5.41, 5.74) is 0.712. The number of aromatic nitrogens is 2. The topological polar surface area (TPSA) is 64.4 Å². The van der Waals surface area contributed by atoms with Crippen LogP contribution in [0.5, 0.6) is 5.75 Å². The number of nitrogens with zero attached hydrogens (tertiary/aromatic N) is 2. The molecule has 1 fully saturated rings. The highest BCUT2D eigenvalue weighted by molar-refractivity contribution is 6.32. The average molecular weight is 325 g/mol. The minimum atomic E-state index is -1.15. The normalized spacial score (nSPS) is 14.1. The fourth-order valence-corrected chi connectivity index (χ4v) is 2.47. The van der Waals surface area contributed by atoms with Gasteiger partial charge in [0.05, 0.1) is 17.3 Å². The van der Waals surface area contributed by atoms with Crippen LogP contribution < -0.4 is 4.74 Å². The summed E-state index contributed by atoms with van der Waals surface area (Å²) in [6.07, 6.45) is 2.23. The second-order valence-electron chi connectivity index (χ2n) is 5.36. The van der Waals surface area contributed by atoms with E-state index in [9.17, 15) is 9.18 Å². The molecule has 0 bridgehead atoms. The van der Waals surface area contributed by atoms with Crippen molar-refractivity contribution in [2.24, 2.45) is 13.0 Å². The van der Waals surface area contributed by atoms with E-state index in [4.69, 9.17) is 21.4 Å². The van der Waals surface area contributed by atoms with E-state index in [1.54, 1.807) is 7.05 Å². The summed E-state index contributed by atoms with van der Waals surface area (Å²) in [5.74, 6) is -0.799. The van der Waals surface area contributed by atoms with E-state index in [1.165, 1.54) is 22.9 Å². The van der Waals surface area contributed by atoms with Crippen LogP contribution in [0.3, 0.4) is 0 Å². The van der Waals surface area contributed by atoms with Crippen molar-refractivity contribution in [1.82, 2.24) is 9.78 Å². The first-order valence-corrected chi connectivity index (χ1v) is 7.23. The number of halogens is 2. The summed E-state index contributed by atoms with van der Waals surface area (Å²) in [6, 6.07) is 3.83. The van der Waals surface area contributed by atoms with Crippen molar-refractivity contribution in [2.75, 3.05) is 6.61 Å². The number of aromatic carboxylic acids is 1. The van der Waals surface area contributed by atoms with E-state index < -0.39 is 11.8 Å². The second-order valence-corrected chi connectivity index (χ2v) is 5.77. The highest BCUT2D eigenvalue weighted by Gasteiger charge is 2.24. The maximum Gasteiger partial charge on any atom is 0.356 e. The van der Waals surface area contributed by atoms with Crippen LogP contribution in [0.2, 0.25) is 5.02 Å². The Morgan fingerprint density at radius 1 is 1.50 bits per heavy atom. The molecule has 22 heavy (non-hydrogen) atoms. The number of rotatable bonds is 5. The summed E-state index contributed by atoms with van der Waals surface area (Å²) in [5, 5.41) is 13.1. The number of ether oxygens (including phenoxy) is 1. The lowest BCUT2D eigenvalue weighted by Gasteiger charge is -2.13. The van der Waals surface area contributed by atoms with Gasteiger partial charge < -0.3 is 9.84 Å². The number of benzene rings is 1. The van der Waals surface area contributed by atoms with Crippen molar-refractivity contribution in [1.29, 1.82) is 0 Å². The molecule has 0 spiro atoms. The molecule has 7 heteroatoms. The van der Waals surface area contributed by atoms with Crippen molar-refractivity contribution < 1.29 is 19.0 Å². The van der Waals surface area contributed by atoms with Crippen LogP contribution in [0.15, 0.2) is 18.2 Å². The van der Waals surface area contributed by atoms with Crippen LogP contribution in [0.1, 0.15) is 23.3 Å². The van der Waals surface area contributed by atoms with E-state index in [0.29, 0.717) is 29.5 Å². The Morgan fingerprint density at radius 2 is 2.23 bits per heavy atom. The monoisotopic (exact) mass is 324 g/mol. The molecule has 0 aliphatic heterocycles. The number of carbonyl (C=O) groups is 1. The summed E-state index contributed by atoms with van der Waals surface area (Å²) < 4.78 is 20.8. The van der Waals surface area contributed by atoms with Gasteiger partial charge >= 0.3 is 5.97 Å². The highest BCUT2D eigenvalue weighted by atomic mass is 35.5. The molecule has 5 nitrogen and oxygen atoms in total. The lowest BCUT2D eigenvalue weighted by molar-refractivity contribution is 0.0689. The molecule has 2 aromatic rings. The number of carboxylic acid groups (broad SMARTS) is 1. The van der Waals surface area contributed by atoms with E-state index in [2.05, 4.69) is 5.10 Å². The molecule has 0 radical (unpaired) electrons. The largest absolute Gasteiger partial charge is 0.491 e. The molecule has 0 saturated heterocycles. The van der Waals surface area contributed by atoms with Crippen molar-refractivity contribution >= 4 is 17.6 Å². The molecule has 0 amide bonds. The molecule has 116 valence electrons. The lowest BCUT2D eigenvalue weighted by atomic mass is 10.1. The van der Waals surface area contributed by atoms with Gasteiger partial charge in [-0.3, -0.25) is 4.68 Å². The third-order valence-electron chi connectivity index (χ3n) is 3.54. The zero-order chi connectivity index (χ0) is 15.9. The molecule has 1 heterocycles. The lowest BCUT2D eigenvalue weighted by Crippen LogP contribution is -2.03. The van der Waals surface area contributed by atoms with Gasteiger partial charge in [0.2, 0.25) is 0 Å². The van der Waals surface area contributed by atoms with Gasteiger partial charge in [0.15, 0.2) is 5.69 Å². The van der Waals surface area contributed by atoms with Crippen LogP contribution in [0.25, 0.3) is 11.3 Å². The van der Waals surface area contributed by atoms with Gasteiger partial charge in [0, 0.05) is 12.6 Å². The molecule has 3 rings (SSSR count). The van der Waals surface area contributed by atoms with Gasteiger partial charge in [-0.15, -0.1) is 0 Å². The molecule has 0 unspecified atom stereocenters. The maximum atomic E-state index is 13.7. The Morgan fingerprint density at radius 3 is 2.82 bits per heavy atom. The molecule has 1 aromatic carbocycles. The van der Waals surface area contributed by atoms with Gasteiger partial charge in [0.1, 0.15) is 11.6 Å². The maximum absolute atomic E-state index is 13.7. The minimum Gasteiger partial charge on any atom is -0.491 e. The Kier molecular flexibility index (Phi) is 3.78. The standard InChI is InChI=1S/C15H14ClFN2O3/c1-19-13(6-12(18-19)15(20)21)10-4-9(17)5-11(16)14(10)22-7-8-2-3-8/h4-6,8H,2-3,7H2,1H3,(H,20,21). The summed E-state index contributed by atoms with van der Waals surface area (Å²) in [7, 11) is 1.59. The first kappa shape index (κ1) is 14.8. The van der Waals surface area contributed by atoms with E-state index in [1.807, 2.05) is 0 Å². The van der Waals surface area contributed by atoms with Crippen molar-refractivity contribution in [2.45, 2.75) is 12.8 Å².